The third-order valence-corrected chi connectivity index (χ3v) is 9.43. The molecule has 0 aliphatic rings. The zero-order chi connectivity index (χ0) is 20.1. The molecule has 0 atom stereocenters. The van der Waals surface area contributed by atoms with Gasteiger partial charge in [0, 0.05) is 0 Å². The van der Waals surface area contributed by atoms with Gasteiger partial charge in [0.1, 0.15) is 0 Å². The molecule has 0 N–H and O–H groups in total. The van der Waals surface area contributed by atoms with Crippen molar-refractivity contribution in [3.63, 3.8) is 0 Å². The SMILES string of the molecule is CC(C)c1nc(-c2ccc(F)cc2)c2ccc3ccc[c]([Ge]([CH3])([CH3])[CH3])c3c2n1. The summed E-state index contributed by atoms with van der Waals surface area (Å²) in [5, 5.41) is 3.52. The van der Waals surface area contributed by atoms with Crippen molar-refractivity contribution in [3.8, 4) is 11.3 Å². The zero-order valence-electron chi connectivity index (χ0n) is 17.0. The summed E-state index contributed by atoms with van der Waals surface area (Å²) in [5.41, 5.74) is 2.82. The van der Waals surface area contributed by atoms with Gasteiger partial charge >= 0.3 is 168 Å². The first kappa shape index (κ1) is 19.1. The molecule has 0 spiro atoms. The second-order valence-electron chi connectivity index (χ2n) is 8.71. The van der Waals surface area contributed by atoms with Crippen molar-refractivity contribution in [2.75, 3.05) is 0 Å². The first-order valence-electron chi connectivity index (χ1n) is 9.75. The summed E-state index contributed by atoms with van der Waals surface area (Å²) < 4.78 is 14.9. The number of fused-ring (bicyclic) bond motifs is 3. The molecule has 4 rings (SSSR count). The topological polar surface area (TPSA) is 25.8 Å². The van der Waals surface area contributed by atoms with E-state index < -0.39 is 13.3 Å². The van der Waals surface area contributed by atoms with Crippen LogP contribution in [0.3, 0.4) is 0 Å². The normalized spacial score (nSPS) is 12.2. The van der Waals surface area contributed by atoms with Gasteiger partial charge in [-0.2, -0.15) is 0 Å². The fourth-order valence-electron chi connectivity index (χ4n) is 3.69. The summed E-state index contributed by atoms with van der Waals surface area (Å²) in [6.07, 6.45) is 0. The summed E-state index contributed by atoms with van der Waals surface area (Å²) >= 11 is -2.12. The minimum atomic E-state index is -2.12. The van der Waals surface area contributed by atoms with E-state index in [9.17, 15) is 4.39 Å². The molecule has 3 aromatic carbocycles. The Morgan fingerprint density at radius 2 is 1.57 bits per heavy atom. The van der Waals surface area contributed by atoms with Gasteiger partial charge in [0.25, 0.3) is 0 Å². The monoisotopic (exact) mass is 434 g/mol. The van der Waals surface area contributed by atoms with E-state index in [2.05, 4.69) is 61.4 Å². The van der Waals surface area contributed by atoms with Crippen LogP contribution in [-0.2, 0) is 0 Å². The van der Waals surface area contributed by atoms with Gasteiger partial charge in [-0.3, -0.25) is 0 Å². The third-order valence-electron chi connectivity index (χ3n) is 5.17. The molecule has 4 aromatic rings. The molecule has 0 bridgehead atoms. The molecule has 2 nitrogen and oxygen atoms in total. The molecule has 0 saturated heterocycles. The van der Waals surface area contributed by atoms with Crippen LogP contribution in [0.4, 0.5) is 4.39 Å². The second kappa shape index (κ2) is 6.96. The van der Waals surface area contributed by atoms with Crippen molar-refractivity contribution >= 4 is 39.3 Å². The van der Waals surface area contributed by atoms with Crippen LogP contribution in [0, 0.1) is 5.82 Å². The van der Waals surface area contributed by atoms with Gasteiger partial charge in [-0.15, -0.1) is 0 Å². The van der Waals surface area contributed by atoms with Gasteiger partial charge in [-0.05, 0) is 0 Å². The van der Waals surface area contributed by atoms with Crippen LogP contribution in [-0.4, -0.2) is 23.2 Å². The van der Waals surface area contributed by atoms with Gasteiger partial charge in [-0.25, -0.2) is 0 Å². The molecular formula is C24H25FGeN2. The van der Waals surface area contributed by atoms with Crippen molar-refractivity contribution in [3.05, 3.63) is 66.2 Å². The van der Waals surface area contributed by atoms with Gasteiger partial charge in [0.2, 0.25) is 0 Å². The Bertz CT molecular complexity index is 1180. The predicted octanol–water partition coefficient (Wildman–Crippen LogP) is 6.26. The number of aromatic nitrogens is 2. The fraction of sp³-hybridized carbons (Fsp3) is 0.250. The first-order valence-corrected chi connectivity index (χ1v) is 17.1. The van der Waals surface area contributed by atoms with E-state index in [-0.39, 0.29) is 11.7 Å². The Hall–Kier alpha value is -2.27. The van der Waals surface area contributed by atoms with E-state index in [4.69, 9.17) is 9.97 Å². The van der Waals surface area contributed by atoms with Gasteiger partial charge in [0.15, 0.2) is 0 Å². The Labute approximate surface area is 168 Å². The van der Waals surface area contributed by atoms with Crippen molar-refractivity contribution in [1.29, 1.82) is 0 Å². The van der Waals surface area contributed by atoms with Crippen LogP contribution >= 0.6 is 0 Å². The molecule has 0 aliphatic carbocycles. The Morgan fingerprint density at radius 1 is 0.857 bits per heavy atom. The maximum atomic E-state index is 13.5. The summed E-state index contributed by atoms with van der Waals surface area (Å²) in [6, 6.07) is 17.5. The molecule has 142 valence electrons. The minimum absolute atomic E-state index is 0.210. The molecule has 0 aliphatic heterocycles. The quantitative estimate of drug-likeness (QED) is 0.282. The summed E-state index contributed by atoms with van der Waals surface area (Å²) in [7, 11) is 0. The molecule has 4 heteroatoms. The molecule has 1 heterocycles. The molecule has 0 fully saturated rings. The summed E-state index contributed by atoms with van der Waals surface area (Å²) in [6.45, 7) is 4.23. The molecule has 0 radical (unpaired) electrons. The summed E-state index contributed by atoms with van der Waals surface area (Å²) in [4.78, 5) is 9.91. The van der Waals surface area contributed by atoms with Crippen LogP contribution in [0.2, 0.25) is 17.3 Å². The average Bonchev–Trinajstić information content (AvgIpc) is 2.66. The Kier molecular flexibility index (Phi) is 4.74. The Balaban J connectivity index is 2.17. The van der Waals surface area contributed by atoms with E-state index in [1.807, 2.05) is 0 Å². The van der Waals surface area contributed by atoms with Crippen LogP contribution in [0.25, 0.3) is 32.9 Å². The number of nitrogens with zero attached hydrogens (tertiary/aromatic N) is 2. The Morgan fingerprint density at radius 3 is 2.21 bits per heavy atom. The van der Waals surface area contributed by atoms with Crippen molar-refractivity contribution in [1.82, 2.24) is 9.97 Å². The van der Waals surface area contributed by atoms with E-state index in [1.54, 1.807) is 12.1 Å². The number of halogens is 1. The van der Waals surface area contributed by atoms with Crippen LogP contribution < -0.4 is 4.40 Å². The second-order valence-corrected chi connectivity index (χ2v) is 19.3. The van der Waals surface area contributed by atoms with E-state index in [0.29, 0.717) is 0 Å². The fourth-order valence-corrected chi connectivity index (χ4v) is 7.07. The standard InChI is InChI=1S/C24H25FGeN2/c1-15(2)24-27-22(17-9-12-18(25)13-10-17)19-14-11-16-7-6-8-20(26(3,4)5)21(16)23(19)28-24/h6-15H,1-5H3. The van der Waals surface area contributed by atoms with Crippen LogP contribution in [0.5, 0.6) is 0 Å². The van der Waals surface area contributed by atoms with E-state index in [0.717, 1.165) is 28.0 Å². The van der Waals surface area contributed by atoms with Crippen LogP contribution in [0.15, 0.2) is 54.6 Å². The molecular weight excluding hydrogens is 408 g/mol. The average molecular weight is 433 g/mol. The number of hydrogen-bond acceptors (Lipinski definition) is 2. The number of rotatable bonds is 3. The number of hydrogen-bond donors (Lipinski definition) is 0. The predicted molar refractivity (Wildman–Crippen MR) is 120 cm³/mol. The van der Waals surface area contributed by atoms with Crippen molar-refractivity contribution in [2.45, 2.75) is 37.0 Å². The van der Waals surface area contributed by atoms with E-state index >= 15 is 0 Å². The third kappa shape index (κ3) is 3.33. The molecule has 0 amide bonds. The van der Waals surface area contributed by atoms with Crippen LogP contribution in [0.1, 0.15) is 25.6 Å². The zero-order valence-corrected chi connectivity index (χ0v) is 19.1. The molecule has 1 aromatic heterocycles. The van der Waals surface area contributed by atoms with Crippen molar-refractivity contribution < 1.29 is 4.39 Å². The molecule has 0 unspecified atom stereocenters. The van der Waals surface area contributed by atoms with Gasteiger partial charge < -0.3 is 0 Å². The molecule has 28 heavy (non-hydrogen) atoms. The molecule has 0 saturated carbocycles. The van der Waals surface area contributed by atoms with Crippen molar-refractivity contribution in [2.24, 2.45) is 0 Å². The van der Waals surface area contributed by atoms with Gasteiger partial charge in [-0.1, -0.05) is 0 Å². The van der Waals surface area contributed by atoms with E-state index in [1.165, 1.54) is 27.3 Å². The number of benzene rings is 3. The first-order chi connectivity index (χ1) is 13.3. The maximum absolute atomic E-state index is 13.5. The summed E-state index contributed by atoms with van der Waals surface area (Å²) in [5.74, 6) is 8.05. The van der Waals surface area contributed by atoms with Gasteiger partial charge in [0.05, 0.1) is 0 Å².